The third-order valence-corrected chi connectivity index (χ3v) is 3.68. The minimum atomic E-state index is 0.213. The monoisotopic (exact) mass is 302 g/mol. The second kappa shape index (κ2) is 6.04. The highest BCUT2D eigenvalue weighted by Crippen LogP contribution is 2.23. The largest absolute Gasteiger partial charge is 0.420 e. The average Bonchev–Trinajstić information content (AvgIpc) is 3.15. The van der Waals surface area contributed by atoms with E-state index < -0.39 is 0 Å². The molecule has 0 aliphatic rings. The van der Waals surface area contributed by atoms with Gasteiger partial charge in [0.2, 0.25) is 16.9 Å². The summed E-state index contributed by atoms with van der Waals surface area (Å²) in [5.74, 6) is 1.61. The van der Waals surface area contributed by atoms with Crippen LogP contribution in [0.5, 0.6) is 0 Å². The smallest absolute Gasteiger partial charge is 0.247 e. The van der Waals surface area contributed by atoms with E-state index in [4.69, 9.17) is 4.42 Å². The van der Waals surface area contributed by atoms with Crippen LogP contribution in [0.2, 0.25) is 0 Å². The van der Waals surface area contributed by atoms with Crippen LogP contribution in [0, 0.1) is 0 Å². The topological polar surface area (TPSA) is 82.5 Å². The Balaban J connectivity index is 1.69. The fraction of sp³-hybridized carbons (Fsp3) is 0.308. The number of hydrogen-bond acceptors (Lipinski definition) is 7. The van der Waals surface area contributed by atoms with Crippen molar-refractivity contribution in [1.29, 1.82) is 0 Å². The van der Waals surface area contributed by atoms with Gasteiger partial charge in [0.1, 0.15) is 0 Å². The lowest BCUT2D eigenvalue weighted by Crippen LogP contribution is -2.04. The quantitative estimate of drug-likeness (QED) is 0.670. The molecule has 21 heavy (non-hydrogen) atoms. The highest BCUT2D eigenvalue weighted by Gasteiger charge is 2.13. The molecule has 2 aromatic heterocycles. The van der Waals surface area contributed by atoms with Crippen molar-refractivity contribution < 1.29 is 4.42 Å². The minimum absolute atomic E-state index is 0.213. The van der Waals surface area contributed by atoms with E-state index >= 15 is 0 Å². The summed E-state index contributed by atoms with van der Waals surface area (Å²) in [5.41, 5.74) is 0.910. The lowest BCUT2D eigenvalue weighted by atomic mass is 10.2. The second-order valence-electron chi connectivity index (χ2n) is 4.66. The first-order chi connectivity index (χ1) is 10.2. The van der Waals surface area contributed by atoms with Crippen molar-refractivity contribution >= 4 is 11.8 Å². The average molecular weight is 302 g/mol. The third-order valence-electron chi connectivity index (χ3n) is 2.76. The lowest BCUT2D eigenvalue weighted by Gasteiger charge is -2.05. The first-order valence-corrected chi connectivity index (χ1v) is 7.51. The fourth-order valence-corrected chi connectivity index (χ4v) is 2.58. The minimum Gasteiger partial charge on any atom is -0.420 e. The van der Waals surface area contributed by atoms with Gasteiger partial charge in [0.05, 0.1) is 11.8 Å². The lowest BCUT2D eigenvalue weighted by molar-refractivity contribution is 0.476. The molecule has 1 aromatic carbocycles. The SMILES string of the molecule is CC(C)n1nnnc1SCc1nnc(-c2ccccc2)o1. The molecule has 0 spiro atoms. The molecule has 0 radical (unpaired) electrons. The Hall–Kier alpha value is -2.22. The number of benzene rings is 1. The zero-order valence-corrected chi connectivity index (χ0v) is 12.5. The first kappa shape index (κ1) is 13.7. The van der Waals surface area contributed by atoms with Crippen LogP contribution >= 0.6 is 11.8 Å². The van der Waals surface area contributed by atoms with Gasteiger partial charge in [-0.25, -0.2) is 4.68 Å². The van der Waals surface area contributed by atoms with Crippen molar-refractivity contribution in [2.75, 3.05) is 0 Å². The maximum absolute atomic E-state index is 5.65. The molecule has 3 rings (SSSR count). The summed E-state index contributed by atoms with van der Waals surface area (Å²) in [6.45, 7) is 4.06. The Kier molecular flexibility index (Phi) is 3.96. The predicted molar refractivity (Wildman–Crippen MR) is 77.5 cm³/mol. The van der Waals surface area contributed by atoms with Crippen LogP contribution in [0.1, 0.15) is 25.8 Å². The number of tetrazole rings is 1. The highest BCUT2D eigenvalue weighted by atomic mass is 32.2. The molecule has 2 heterocycles. The van der Waals surface area contributed by atoms with Gasteiger partial charge in [-0.15, -0.1) is 15.3 Å². The van der Waals surface area contributed by atoms with Crippen LogP contribution in [0.15, 0.2) is 39.9 Å². The molecule has 0 saturated heterocycles. The molecule has 8 heteroatoms. The standard InChI is InChI=1S/C13H14N6OS/c1-9(2)19-13(16-17-18-19)21-8-11-14-15-12(20-11)10-6-4-3-5-7-10/h3-7,9H,8H2,1-2H3. The highest BCUT2D eigenvalue weighted by molar-refractivity contribution is 7.98. The van der Waals surface area contributed by atoms with Gasteiger partial charge >= 0.3 is 0 Å². The molecule has 0 amide bonds. The van der Waals surface area contributed by atoms with Crippen LogP contribution < -0.4 is 0 Å². The summed E-state index contributed by atoms with van der Waals surface area (Å²) in [6.07, 6.45) is 0. The molecule has 108 valence electrons. The molecule has 0 aliphatic heterocycles. The molecule has 0 N–H and O–H groups in total. The van der Waals surface area contributed by atoms with Crippen LogP contribution in [0.3, 0.4) is 0 Å². The van der Waals surface area contributed by atoms with Gasteiger partial charge in [-0.2, -0.15) is 0 Å². The summed E-state index contributed by atoms with van der Waals surface area (Å²) < 4.78 is 7.41. The van der Waals surface area contributed by atoms with Crippen LogP contribution in [0.25, 0.3) is 11.5 Å². The summed E-state index contributed by atoms with van der Waals surface area (Å²) in [7, 11) is 0. The van der Waals surface area contributed by atoms with Gasteiger partial charge in [-0.1, -0.05) is 30.0 Å². The van der Waals surface area contributed by atoms with Crippen molar-refractivity contribution in [2.24, 2.45) is 0 Å². The Morgan fingerprint density at radius 1 is 1.14 bits per heavy atom. The molecule has 0 unspecified atom stereocenters. The summed E-state index contributed by atoms with van der Waals surface area (Å²) in [5, 5.41) is 20.5. The Morgan fingerprint density at radius 3 is 2.71 bits per heavy atom. The number of aromatic nitrogens is 6. The molecule has 0 bridgehead atoms. The molecule has 0 aliphatic carbocycles. The molecular formula is C13H14N6OS. The first-order valence-electron chi connectivity index (χ1n) is 6.52. The normalized spacial score (nSPS) is 11.2. The maximum atomic E-state index is 5.65. The molecule has 0 atom stereocenters. The van der Waals surface area contributed by atoms with Gasteiger partial charge < -0.3 is 4.42 Å². The van der Waals surface area contributed by atoms with Crippen LogP contribution in [-0.2, 0) is 5.75 Å². The molecule has 3 aromatic rings. The van der Waals surface area contributed by atoms with E-state index in [0.717, 1.165) is 10.7 Å². The zero-order valence-electron chi connectivity index (χ0n) is 11.7. The van der Waals surface area contributed by atoms with Crippen molar-refractivity contribution in [3.63, 3.8) is 0 Å². The summed E-state index contributed by atoms with van der Waals surface area (Å²) in [6, 6.07) is 9.90. The molecule has 7 nitrogen and oxygen atoms in total. The van der Waals surface area contributed by atoms with Crippen molar-refractivity contribution in [2.45, 2.75) is 30.8 Å². The number of nitrogens with zero attached hydrogens (tertiary/aromatic N) is 6. The van der Waals surface area contributed by atoms with E-state index in [1.54, 1.807) is 4.68 Å². The van der Waals surface area contributed by atoms with Gasteiger partial charge in [-0.05, 0) is 36.4 Å². The molecular weight excluding hydrogens is 288 g/mol. The Bertz CT molecular complexity index is 708. The van der Waals surface area contributed by atoms with E-state index in [1.807, 2.05) is 44.2 Å². The number of rotatable bonds is 5. The Labute approximate surface area is 125 Å². The van der Waals surface area contributed by atoms with E-state index in [0.29, 0.717) is 17.5 Å². The predicted octanol–water partition coefficient (Wildman–Crippen LogP) is 2.60. The van der Waals surface area contributed by atoms with Gasteiger partial charge in [0, 0.05) is 5.56 Å². The summed E-state index contributed by atoms with van der Waals surface area (Å²) in [4.78, 5) is 0. The maximum Gasteiger partial charge on any atom is 0.247 e. The fourth-order valence-electron chi connectivity index (χ4n) is 1.74. The Morgan fingerprint density at radius 2 is 1.95 bits per heavy atom. The number of thioether (sulfide) groups is 1. The third kappa shape index (κ3) is 3.10. The van der Waals surface area contributed by atoms with E-state index in [2.05, 4.69) is 25.7 Å². The molecule has 0 saturated carbocycles. The zero-order chi connectivity index (χ0) is 14.7. The summed E-state index contributed by atoms with van der Waals surface area (Å²) >= 11 is 1.47. The van der Waals surface area contributed by atoms with Crippen molar-refractivity contribution in [3.05, 3.63) is 36.2 Å². The van der Waals surface area contributed by atoms with Gasteiger partial charge in [0.15, 0.2) is 0 Å². The van der Waals surface area contributed by atoms with Gasteiger partial charge in [-0.3, -0.25) is 0 Å². The van der Waals surface area contributed by atoms with E-state index in [9.17, 15) is 0 Å². The number of hydrogen-bond donors (Lipinski definition) is 0. The molecule has 0 fully saturated rings. The van der Waals surface area contributed by atoms with Crippen LogP contribution in [-0.4, -0.2) is 30.4 Å². The van der Waals surface area contributed by atoms with Crippen LogP contribution in [0.4, 0.5) is 0 Å². The van der Waals surface area contributed by atoms with Gasteiger partial charge in [0.25, 0.3) is 0 Å². The van der Waals surface area contributed by atoms with E-state index in [1.165, 1.54) is 11.8 Å². The van der Waals surface area contributed by atoms with Crippen molar-refractivity contribution in [3.8, 4) is 11.5 Å². The van der Waals surface area contributed by atoms with E-state index in [-0.39, 0.29) is 6.04 Å². The van der Waals surface area contributed by atoms with Crippen molar-refractivity contribution in [1.82, 2.24) is 30.4 Å². The second-order valence-corrected chi connectivity index (χ2v) is 5.60.